The Balaban J connectivity index is 2.94. The van der Waals surface area contributed by atoms with Gasteiger partial charge in [-0.05, 0) is 22.0 Å². The zero-order valence-corrected chi connectivity index (χ0v) is 10.8. The number of hydrogen-bond donors (Lipinski definition) is 0. The molecule has 0 atom stereocenters. The lowest BCUT2D eigenvalue weighted by Gasteiger charge is -2.13. The van der Waals surface area contributed by atoms with E-state index >= 15 is 0 Å². The summed E-state index contributed by atoms with van der Waals surface area (Å²) >= 11 is 8.56. The molecule has 0 aliphatic heterocycles. The van der Waals surface area contributed by atoms with Crippen LogP contribution in [0.1, 0.15) is 0 Å². The van der Waals surface area contributed by atoms with E-state index in [1.807, 2.05) is 0 Å². The van der Waals surface area contributed by atoms with E-state index in [1.165, 1.54) is 19.2 Å². The zero-order chi connectivity index (χ0) is 13.1. The highest BCUT2D eigenvalue weighted by atomic mass is 79.9. The molecule has 0 unspecified atom stereocenters. The number of hydrogen-bond acceptors (Lipinski definition) is 3. The van der Waals surface area contributed by atoms with Crippen LogP contribution in [0.25, 0.3) is 0 Å². The van der Waals surface area contributed by atoms with Crippen LogP contribution in [0.3, 0.4) is 0 Å². The fraction of sp³-hybridized carbons (Fsp3) is 0.333. The van der Waals surface area contributed by atoms with Crippen molar-refractivity contribution in [3.05, 3.63) is 21.6 Å². The molecule has 3 nitrogen and oxygen atoms in total. The molecule has 0 heterocycles. The third-order valence-electron chi connectivity index (χ3n) is 1.53. The number of halogens is 5. The molecule has 0 amide bonds. The minimum Gasteiger partial charge on any atom is -0.467 e. The van der Waals surface area contributed by atoms with Gasteiger partial charge >= 0.3 is 6.36 Å². The molecular formula is C9H7BrClF3O3. The van der Waals surface area contributed by atoms with Crippen molar-refractivity contribution in [3.8, 4) is 11.5 Å². The average Bonchev–Trinajstić information content (AvgIpc) is 2.19. The smallest absolute Gasteiger partial charge is 0.467 e. The van der Waals surface area contributed by atoms with Gasteiger partial charge < -0.3 is 14.2 Å². The minimum absolute atomic E-state index is 0.0356. The number of methoxy groups -OCH3 is 1. The van der Waals surface area contributed by atoms with Gasteiger partial charge in [-0.3, -0.25) is 0 Å². The van der Waals surface area contributed by atoms with Crippen LogP contribution in [0.5, 0.6) is 11.5 Å². The summed E-state index contributed by atoms with van der Waals surface area (Å²) in [4.78, 5) is 0. The summed E-state index contributed by atoms with van der Waals surface area (Å²) < 4.78 is 49.6. The van der Waals surface area contributed by atoms with Gasteiger partial charge in [-0.15, -0.1) is 13.2 Å². The van der Waals surface area contributed by atoms with Crippen LogP contribution in [0.15, 0.2) is 16.6 Å². The number of ether oxygens (including phenoxy) is 3. The third-order valence-corrected chi connectivity index (χ3v) is 2.40. The van der Waals surface area contributed by atoms with E-state index in [-0.39, 0.29) is 22.0 Å². The first-order chi connectivity index (χ1) is 7.83. The fourth-order valence-corrected chi connectivity index (χ4v) is 1.84. The Morgan fingerprint density at radius 3 is 2.47 bits per heavy atom. The second kappa shape index (κ2) is 5.79. The first-order valence-electron chi connectivity index (χ1n) is 4.20. The molecule has 0 aliphatic carbocycles. The molecule has 1 aromatic rings. The van der Waals surface area contributed by atoms with Crippen molar-refractivity contribution in [2.75, 3.05) is 13.9 Å². The van der Waals surface area contributed by atoms with Crippen LogP contribution >= 0.6 is 27.5 Å². The molecule has 17 heavy (non-hydrogen) atoms. The lowest BCUT2D eigenvalue weighted by atomic mass is 10.3. The van der Waals surface area contributed by atoms with Crippen molar-refractivity contribution in [2.24, 2.45) is 0 Å². The van der Waals surface area contributed by atoms with E-state index in [1.54, 1.807) is 0 Å². The van der Waals surface area contributed by atoms with Crippen LogP contribution in [0.4, 0.5) is 13.2 Å². The predicted octanol–water partition coefficient (Wildman–Crippen LogP) is 3.98. The molecule has 0 aromatic heterocycles. The Morgan fingerprint density at radius 2 is 2.00 bits per heavy atom. The predicted molar refractivity (Wildman–Crippen MR) is 58.3 cm³/mol. The Hall–Kier alpha value is -0.660. The Morgan fingerprint density at radius 1 is 1.35 bits per heavy atom. The maximum absolute atomic E-state index is 12.1. The summed E-state index contributed by atoms with van der Waals surface area (Å²) in [7, 11) is 1.41. The Labute approximate surface area is 109 Å². The van der Waals surface area contributed by atoms with E-state index in [2.05, 4.69) is 25.4 Å². The highest BCUT2D eigenvalue weighted by Crippen LogP contribution is 2.39. The number of alkyl halides is 3. The van der Waals surface area contributed by atoms with Crippen molar-refractivity contribution >= 4 is 27.5 Å². The lowest BCUT2D eigenvalue weighted by Crippen LogP contribution is -2.17. The molecule has 1 rings (SSSR count). The second-order valence-corrected chi connectivity index (χ2v) is 4.08. The van der Waals surface area contributed by atoms with Gasteiger partial charge in [0.25, 0.3) is 0 Å². The van der Waals surface area contributed by atoms with E-state index in [0.29, 0.717) is 0 Å². The SMILES string of the molecule is COCOc1cc(Cl)c(OC(F)(F)F)c(Br)c1. The summed E-state index contributed by atoms with van der Waals surface area (Å²) in [6, 6.07) is 2.50. The van der Waals surface area contributed by atoms with Gasteiger partial charge in [0.1, 0.15) is 5.75 Å². The second-order valence-electron chi connectivity index (χ2n) is 2.81. The maximum Gasteiger partial charge on any atom is 0.573 e. The van der Waals surface area contributed by atoms with Crippen molar-refractivity contribution in [2.45, 2.75) is 6.36 Å². The fourth-order valence-electron chi connectivity index (χ4n) is 0.960. The van der Waals surface area contributed by atoms with Crippen molar-refractivity contribution in [1.29, 1.82) is 0 Å². The van der Waals surface area contributed by atoms with Gasteiger partial charge in [0, 0.05) is 13.2 Å². The Bertz CT molecular complexity index is 375. The topological polar surface area (TPSA) is 27.7 Å². The molecule has 8 heteroatoms. The van der Waals surface area contributed by atoms with Crippen molar-refractivity contribution in [3.63, 3.8) is 0 Å². The largest absolute Gasteiger partial charge is 0.573 e. The average molecular weight is 336 g/mol. The van der Waals surface area contributed by atoms with Crippen molar-refractivity contribution in [1.82, 2.24) is 0 Å². The quantitative estimate of drug-likeness (QED) is 0.779. The molecule has 0 bridgehead atoms. The number of benzene rings is 1. The summed E-state index contributed by atoms with van der Waals surface area (Å²) in [6.45, 7) is -0.0394. The molecule has 0 aliphatic rings. The van der Waals surface area contributed by atoms with Gasteiger partial charge in [0.05, 0.1) is 9.50 Å². The van der Waals surface area contributed by atoms with Gasteiger partial charge in [-0.25, -0.2) is 0 Å². The normalized spacial score (nSPS) is 11.4. The van der Waals surface area contributed by atoms with Crippen molar-refractivity contribution < 1.29 is 27.4 Å². The van der Waals surface area contributed by atoms with Crippen LogP contribution in [0, 0.1) is 0 Å². The molecule has 96 valence electrons. The van der Waals surface area contributed by atoms with Crippen LogP contribution in [-0.2, 0) is 4.74 Å². The summed E-state index contributed by atoms with van der Waals surface area (Å²) in [5.74, 6) is -0.248. The monoisotopic (exact) mass is 334 g/mol. The summed E-state index contributed by atoms with van der Waals surface area (Å²) in [5.41, 5.74) is 0. The summed E-state index contributed by atoms with van der Waals surface area (Å²) in [6.07, 6.45) is -4.80. The van der Waals surface area contributed by atoms with Crippen LogP contribution in [-0.4, -0.2) is 20.3 Å². The molecule has 0 fully saturated rings. The molecule has 0 spiro atoms. The van der Waals surface area contributed by atoms with E-state index in [0.717, 1.165) is 0 Å². The third kappa shape index (κ3) is 4.61. The van der Waals surface area contributed by atoms with Gasteiger partial charge in [0.15, 0.2) is 12.5 Å². The van der Waals surface area contributed by atoms with Gasteiger partial charge in [-0.1, -0.05) is 11.6 Å². The van der Waals surface area contributed by atoms with Gasteiger partial charge in [-0.2, -0.15) is 0 Å². The molecule has 1 aromatic carbocycles. The van der Waals surface area contributed by atoms with Crippen LogP contribution < -0.4 is 9.47 Å². The molecule has 0 saturated heterocycles. The zero-order valence-electron chi connectivity index (χ0n) is 8.48. The van der Waals surface area contributed by atoms with Crippen LogP contribution in [0.2, 0.25) is 5.02 Å². The maximum atomic E-state index is 12.1. The first-order valence-corrected chi connectivity index (χ1v) is 5.37. The molecule has 0 N–H and O–H groups in total. The van der Waals surface area contributed by atoms with E-state index < -0.39 is 12.1 Å². The van der Waals surface area contributed by atoms with Gasteiger partial charge in [0.2, 0.25) is 0 Å². The van der Waals surface area contributed by atoms with E-state index in [4.69, 9.17) is 16.3 Å². The Kier molecular flexibility index (Phi) is 4.91. The molecular weight excluding hydrogens is 328 g/mol. The molecule has 0 saturated carbocycles. The standard InChI is InChI=1S/C9H7BrClF3O3/c1-15-4-16-5-2-6(10)8(7(11)3-5)17-9(12,13)14/h2-3H,4H2,1H3. The highest BCUT2D eigenvalue weighted by molar-refractivity contribution is 9.10. The lowest BCUT2D eigenvalue weighted by molar-refractivity contribution is -0.274. The summed E-state index contributed by atoms with van der Waals surface area (Å²) in [5, 5.41) is -0.220. The minimum atomic E-state index is -4.80. The van der Waals surface area contributed by atoms with E-state index in [9.17, 15) is 13.2 Å². The highest BCUT2D eigenvalue weighted by Gasteiger charge is 2.33. The first kappa shape index (κ1) is 14.4. The molecule has 0 radical (unpaired) electrons. The number of rotatable bonds is 4.